The number of hydrogen-bond acceptors (Lipinski definition) is 1. The molecule has 1 aromatic heterocycles. The smallest absolute Gasteiger partial charge is 0.135 e. The summed E-state index contributed by atoms with van der Waals surface area (Å²) < 4.78 is 5.96. The van der Waals surface area contributed by atoms with Crippen molar-refractivity contribution in [3.05, 3.63) is 78.1 Å². The summed E-state index contributed by atoms with van der Waals surface area (Å²) in [6.07, 6.45) is 6.14. The summed E-state index contributed by atoms with van der Waals surface area (Å²) in [5, 5.41) is 2.45. The van der Waals surface area contributed by atoms with E-state index in [2.05, 4.69) is 61.5 Å². The molecule has 0 atom stereocenters. The Bertz CT molecular complexity index is 813. The Morgan fingerprint density at radius 2 is 1.76 bits per heavy atom. The van der Waals surface area contributed by atoms with Crippen molar-refractivity contribution in [1.82, 2.24) is 0 Å². The first kappa shape index (κ1) is 13.4. The van der Waals surface area contributed by atoms with Crippen molar-refractivity contribution in [1.29, 1.82) is 0 Å². The van der Waals surface area contributed by atoms with Crippen molar-refractivity contribution in [3.8, 4) is 11.3 Å². The molecule has 1 nitrogen and oxygen atoms in total. The maximum absolute atomic E-state index is 5.96. The molecule has 1 heteroatoms. The second-order valence-corrected chi connectivity index (χ2v) is 5.09. The molecule has 0 saturated heterocycles. The van der Waals surface area contributed by atoms with Gasteiger partial charge in [-0.2, -0.15) is 0 Å². The van der Waals surface area contributed by atoms with Crippen molar-refractivity contribution >= 4 is 16.8 Å². The summed E-state index contributed by atoms with van der Waals surface area (Å²) >= 11 is 0. The maximum Gasteiger partial charge on any atom is 0.135 e. The molecule has 0 unspecified atom stereocenters. The number of fused-ring (bicyclic) bond motifs is 1. The molecule has 2 aromatic carbocycles. The second-order valence-electron chi connectivity index (χ2n) is 5.09. The molecule has 0 fully saturated rings. The first-order valence-electron chi connectivity index (χ1n) is 7.17. The molecular formula is C20H18O. The van der Waals surface area contributed by atoms with Gasteiger partial charge in [-0.15, -0.1) is 0 Å². The molecule has 0 aliphatic carbocycles. The molecule has 104 valence electrons. The van der Waals surface area contributed by atoms with Crippen molar-refractivity contribution in [2.75, 3.05) is 0 Å². The fraction of sp³-hybridized carbons (Fsp3) is 0.100. The third-order valence-electron chi connectivity index (χ3n) is 3.65. The van der Waals surface area contributed by atoms with Crippen LogP contribution in [0, 0.1) is 0 Å². The third kappa shape index (κ3) is 2.82. The highest BCUT2D eigenvalue weighted by atomic mass is 16.3. The van der Waals surface area contributed by atoms with Crippen LogP contribution in [0.3, 0.4) is 0 Å². The summed E-state index contributed by atoms with van der Waals surface area (Å²) in [5.74, 6) is 1.78. The van der Waals surface area contributed by atoms with E-state index in [1.54, 1.807) is 0 Å². The van der Waals surface area contributed by atoms with Crippen LogP contribution in [0.15, 0.2) is 76.7 Å². The van der Waals surface area contributed by atoms with E-state index in [9.17, 15) is 0 Å². The minimum atomic E-state index is 0.874. The summed E-state index contributed by atoms with van der Waals surface area (Å²) in [5.41, 5.74) is 2.36. The van der Waals surface area contributed by atoms with Gasteiger partial charge < -0.3 is 4.42 Å². The van der Waals surface area contributed by atoms with Gasteiger partial charge in [-0.3, -0.25) is 0 Å². The number of furan rings is 1. The quantitative estimate of drug-likeness (QED) is 0.527. The number of hydrogen-bond donors (Lipinski definition) is 0. The Hall–Kier alpha value is -2.54. The number of allylic oxidation sites excluding steroid dienone is 3. The molecule has 0 aliphatic heterocycles. The largest absolute Gasteiger partial charge is 0.457 e. The minimum Gasteiger partial charge on any atom is -0.457 e. The van der Waals surface area contributed by atoms with E-state index in [-0.39, 0.29) is 0 Å². The molecule has 0 N–H and O–H groups in total. The van der Waals surface area contributed by atoms with Gasteiger partial charge in [0.1, 0.15) is 11.5 Å². The van der Waals surface area contributed by atoms with Crippen molar-refractivity contribution in [2.45, 2.75) is 13.8 Å². The monoisotopic (exact) mass is 274 g/mol. The molecule has 3 rings (SSSR count). The van der Waals surface area contributed by atoms with E-state index in [0.29, 0.717) is 0 Å². The average Bonchev–Trinajstić information content (AvgIpc) is 3.00. The average molecular weight is 274 g/mol. The normalized spacial score (nSPS) is 12.4. The molecule has 0 saturated carbocycles. The van der Waals surface area contributed by atoms with Gasteiger partial charge in [-0.25, -0.2) is 0 Å². The molecule has 1 heterocycles. The topological polar surface area (TPSA) is 13.1 Å². The summed E-state index contributed by atoms with van der Waals surface area (Å²) in [7, 11) is 0. The first-order valence-corrected chi connectivity index (χ1v) is 7.17. The molecule has 0 spiro atoms. The fourth-order valence-corrected chi connectivity index (χ4v) is 2.34. The highest BCUT2D eigenvalue weighted by molar-refractivity contribution is 5.95. The van der Waals surface area contributed by atoms with Crippen LogP contribution in [0.4, 0.5) is 0 Å². The lowest BCUT2D eigenvalue weighted by Crippen LogP contribution is -1.78. The van der Waals surface area contributed by atoms with Crippen LogP contribution in [-0.2, 0) is 0 Å². The number of rotatable bonds is 3. The zero-order chi connectivity index (χ0) is 14.7. The van der Waals surface area contributed by atoms with Crippen LogP contribution in [0.1, 0.15) is 19.6 Å². The van der Waals surface area contributed by atoms with E-state index < -0.39 is 0 Å². The van der Waals surface area contributed by atoms with E-state index in [0.717, 1.165) is 17.1 Å². The van der Waals surface area contributed by atoms with Crippen LogP contribution in [-0.4, -0.2) is 0 Å². The maximum atomic E-state index is 5.96. The van der Waals surface area contributed by atoms with Crippen LogP contribution in [0.25, 0.3) is 28.2 Å². The van der Waals surface area contributed by atoms with Gasteiger partial charge in [-0.1, -0.05) is 60.2 Å². The zero-order valence-corrected chi connectivity index (χ0v) is 12.3. The summed E-state index contributed by atoms with van der Waals surface area (Å²) in [4.78, 5) is 0. The van der Waals surface area contributed by atoms with Gasteiger partial charge in [0, 0.05) is 5.56 Å². The van der Waals surface area contributed by atoms with Gasteiger partial charge in [0.2, 0.25) is 0 Å². The fourth-order valence-electron chi connectivity index (χ4n) is 2.34. The number of benzene rings is 2. The summed E-state index contributed by atoms with van der Waals surface area (Å²) in [6.45, 7) is 4.11. The van der Waals surface area contributed by atoms with Gasteiger partial charge in [0.05, 0.1) is 0 Å². The molecule has 0 bridgehead atoms. The Morgan fingerprint density at radius 3 is 2.62 bits per heavy atom. The lowest BCUT2D eigenvalue weighted by Gasteiger charge is -2.03. The Morgan fingerprint density at radius 1 is 0.952 bits per heavy atom. The molecule has 0 amide bonds. The first-order chi connectivity index (χ1) is 10.3. The van der Waals surface area contributed by atoms with Crippen LogP contribution >= 0.6 is 0 Å². The standard InChI is InChI=1S/C20H18O/c1-3-15(2)11-12-17-13-14-20(21-17)19-10-6-8-16-7-4-5-9-18(16)19/h3-14H,1-2H3/b12-11+,15-3+. The Balaban J connectivity index is 2.01. The summed E-state index contributed by atoms with van der Waals surface area (Å²) in [6, 6.07) is 18.7. The lowest BCUT2D eigenvalue weighted by atomic mass is 10.0. The van der Waals surface area contributed by atoms with Crippen LogP contribution < -0.4 is 0 Å². The third-order valence-corrected chi connectivity index (χ3v) is 3.65. The molecule has 0 aliphatic rings. The van der Waals surface area contributed by atoms with E-state index >= 15 is 0 Å². The minimum absolute atomic E-state index is 0.874. The highest BCUT2D eigenvalue weighted by Gasteiger charge is 2.06. The van der Waals surface area contributed by atoms with Gasteiger partial charge in [0.15, 0.2) is 0 Å². The highest BCUT2D eigenvalue weighted by Crippen LogP contribution is 2.30. The van der Waals surface area contributed by atoms with Gasteiger partial charge >= 0.3 is 0 Å². The van der Waals surface area contributed by atoms with E-state index in [1.807, 2.05) is 25.1 Å². The SMILES string of the molecule is C/C=C(C)/C=C/c1ccc(-c2cccc3ccccc23)o1. The predicted octanol–water partition coefficient (Wildman–Crippen LogP) is 6.08. The van der Waals surface area contributed by atoms with Gasteiger partial charge in [-0.05, 0) is 42.8 Å². The molecule has 0 radical (unpaired) electrons. The predicted molar refractivity (Wildman–Crippen MR) is 90.1 cm³/mol. The van der Waals surface area contributed by atoms with Crippen molar-refractivity contribution in [3.63, 3.8) is 0 Å². The lowest BCUT2D eigenvalue weighted by molar-refractivity contribution is 0.572. The van der Waals surface area contributed by atoms with Gasteiger partial charge in [0.25, 0.3) is 0 Å². The Labute approximate surface area is 125 Å². The molecule has 21 heavy (non-hydrogen) atoms. The van der Waals surface area contributed by atoms with Crippen molar-refractivity contribution in [2.24, 2.45) is 0 Å². The molecule has 3 aromatic rings. The Kier molecular flexibility index (Phi) is 3.74. The zero-order valence-electron chi connectivity index (χ0n) is 12.3. The van der Waals surface area contributed by atoms with Crippen LogP contribution in [0.5, 0.6) is 0 Å². The second kappa shape index (κ2) is 5.84. The molecular weight excluding hydrogens is 256 g/mol. The van der Waals surface area contributed by atoms with E-state index in [1.165, 1.54) is 16.3 Å². The van der Waals surface area contributed by atoms with Crippen LogP contribution in [0.2, 0.25) is 0 Å². The van der Waals surface area contributed by atoms with E-state index in [4.69, 9.17) is 4.42 Å². The van der Waals surface area contributed by atoms with Crippen molar-refractivity contribution < 1.29 is 4.42 Å².